The van der Waals surface area contributed by atoms with Gasteiger partial charge in [-0.2, -0.15) is 5.10 Å². The first-order valence-electron chi connectivity index (χ1n) is 5.87. The van der Waals surface area contributed by atoms with Gasteiger partial charge < -0.3 is 9.84 Å². The number of anilines is 1. The highest BCUT2D eigenvalue weighted by atomic mass is 16.5. The van der Waals surface area contributed by atoms with E-state index in [0.29, 0.717) is 5.69 Å². The molecule has 0 saturated carbocycles. The van der Waals surface area contributed by atoms with Crippen molar-refractivity contribution in [2.24, 2.45) is 0 Å². The van der Waals surface area contributed by atoms with Crippen molar-refractivity contribution in [2.45, 2.75) is 13.0 Å². The Kier molecular flexibility index (Phi) is 4.33. The van der Waals surface area contributed by atoms with Crippen LogP contribution in [0.2, 0.25) is 0 Å². The number of rotatable bonds is 5. The van der Waals surface area contributed by atoms with Crippen LogP contribution in [0.1, 0.15) is 11.3 Å². The van der Waals surface area contributed by atoms with E-state index in [1.54, 1.807) is 0 Å². The second-order valence-electron chi connectivity index (χ2n) is 4.04. The van der Waals surface area contributed by atoms with Gasteiger partial charge in [-0.3, -0.25) is 15.2 Å². The Morgan fingerprint density at radius 3 is 2.75 bits per heavy atom. The normalized spacial score (nSPS) is 10.0. The van der Waals surface area contributed by atoms with E-state index in [0.717, 1.165) is 5.56 Å². The minimum atomic E-state index is -0.980. The van der Waals surface area contributed by atoms with Crippen LogP contribution in [0, 0.1) is 0 Å². The molecule has 0 atom stereocenters. The summed E-state index contributed by atoms with van der Waals surface area (Å²) in [6.07, 6.45) is -0.837. The van der Waals surface area contributed by atoms with E-state index in [1.807, 2.05) is 30.3 Å². The van der Waals surface area contributed by atoms with Crippen LogP contribution in [0.15, 0.2) is 36.4 Å². The number of carbonyl (C=O) groups is 2. The molecule has 0 saturated heterocycles. The summed E-state index contributed by atoms with van der Waals surface area (Å²) in [6.45, 7) is 0.152. The maximum Gasteiger partial charge on any atom is 0.413 e. The minimum Gasteiger partial charge on any atom is -0.481 e. The standard InChI is InChI=1S/C13H13N3O4/c17-12(18)7-10-6-11(16-15-10)14-13(19)20-8-9-4-2-1-3-5-9/h1-6H,7-8H2,(H,17,18)(H2,14,15,16,19). The Balaban J connectivity index is 1.82. The lowest BCUT2D eigenvalue weighted by Crippen LogP contribution is -2.13. The van der Waals surface area contributed by atoms with Gasteiger partial charge in [0.25, 0.3) is 0 Å². The third-order valence-corrected chi connectivity index (χ3v) is 2.42. The SMILES string of the molecule is O=C(O)Cc1cc(NC(=O)OCc2ccccc2)n[nH]1. The van der Waals surface area contributed by atoms with Crippen molar-refractivity contribution in [3.8, 4) is 0 Å². The first-order valence-corrected chi connectivity index (χ1v) is 5.87. The molecule has 2 aromatic rings. The first-order chi connectivity index (χ1) is 9.63. The molecule has 0 fully saturated rings. The van der Waals surface area contributed by atoms with Crippen molar-refractivity contribution in [3.05, 3.63) is 47.7 Å². The average molecular weight is 275 g/mol. The predicted octanol–water partition coefficient (Wildman–Crippen LogP) is 1.79. The summed E-state index contributed by atoms with van der Waals surface area (Å²) in [5.74, 6) is -0.758. The number of benzene rings is 1. The highest BCUT2D eigenvalue weighted by molar-refractivity contribution is 5.83. The Morgan fingerprint density at radius 1 is 1.30 bits per heavy atom. The molecular weight excluding hydrogens is 262 g/mol. The third kappa shape index (κ3) is 4.13. The van der Waals surface area contributed by atoms with Gasteiger partial charge in [-0.1, -0.05) is 30.3 Å². The largest absolute Gasteiger partial charge is 0.481 e. The van der Waals surface area contributed by atoms with Crippen LogP contribution in [-0.4, -0.2) is 27.4 Å². The number of nitrogens with one attached hydrogen (secondary N) is 2. The zero-order chi connectivity index (χ0) is 14.4. The second kappa shape index (κ2) is 6.37. The number of amides is 1. The molecule has 3 N–H and O–H groups in total. The van der Waals surface area contributed by atoms with Crippen molar-refractivity contribution in [1.29, 1.82) is 0 Å². The molecule has 0 spiro atoms. The number of aromatic amines is 1. The molecule has 1 amide bonds. The molecule has 20 heavy (non-hydrogen) atoms. The van der Waals surface area contributed by atoms with Gasteiger partial charge in [0.15, 0.2) is 5.82 Å². The van der Waals surface area contributed by atoms with Crippen LogP contribution in [0.5, 0.6) is 0 Å². The highest BCUT2D eigenvalue weighted by Crippen LogP contribution is 2.07. The van der Waals surface area contributed by atoms with Gasteiger partial charge in [0.1, 0.15) is 6.61 Å². The zero-order valence-corrected chi connectivity index (χ0v) is 10.5. The van der Waals surface area contributed by atoms with Gasteiger partial charge in [0, 0.05) is 11.8 Å². The molecule has 1 aromatic carbocycles. The maximum atomic E-state index is 11.5. The van der Waals surface area contributed by atoms with Gasteiger partial charge in [0.2, 0.25) is 0 Å². The molecule has 7 heteroatoms. The van der Waals surface area contributed by atoms with Crippen molar-refractivity contribution in [1.82, 2.24) is 10.2 Å². The predicted molar refractivity (Wildman–Crippen MR) is 70.2 cm³/mol. The summed E-state index contributed by atoms with van der Waals surface area (Å²) in [7, 11) is 0. The molecule has 2 rings (SSSR count). The van der Waals surface area contributed by atoms with Crippen LogP contribution in [0.25, 0.3) is 0 Å². The fourth-order valence-corrected chi connectivity index (χ4v) is 1.54. The van der Waals surface area contributed by atoms with Crippen molar-refractivity contribution < 1.29 is 19.4 Å². The monoisotopic (exact) mass is 275 g/mol. The molecule has 1 aromatic heterocycles. The quantitative estimate of drug-likeness (QED) is 0.771. The molecule has 0 aliphatic heterocycles. The highest BCUT2D eigenvalue weighted by Gasteiger charge is 2.09. The molecule has 7 nitrogen and oxygen atoms in total. The van der Waals surface area contributed by atoms with Crippen LogP contribution in [0.3, 0.4) is 0 Å². The van der Waals surface area contributed by atoms with Crippen LogP contribution >= 0.6 is 0 Å². The van der Waals surface area contributed by atoms with Gasteiger partial charge in [-0.25, -0.2) is 4.79 Å². The lowest BCUT2D eigenvalue weighted by atomic mass is 10.2. The molecule has 104 valence electrons. The third-order valence-electron chi connectivity index (χ3n) is 2.42. The van der Waals surface area contributed by atoms with E-state index >= 15 is 0 Å². The van der Waals surface area contributed by atoms with Crippen LogP contribution < -0.4 is 5.32 Å². The van der Waals surface area contributed by atoms with Crippen molar-refractivity contribution in [3.63, 3.8) is 0 Å². The van der Waals surface area contributed by atoms with E-state index in [-0.39, 0.29) is 18.8 Å². The van der Waals surface area contributed by atoms with Gasteiger partial charge in [0.05, 0.1) is 6.42 Å². The fourth-order valence-electron chi connectivity index (χ4n) is 1.54. The van der Waals surface area contributed by atoms with Crippen molar-refractivity contribution in [2.75, 3.05) is 5.32 Å². The maximum absolute atomic E-state index is 11.5. The van der Waals surface area contributed by atoms with Gasteiger partial charge in [-0.05, 0) is 5.56 Å². The van der Waals surface area contributed by atoms with Gasteiger partial charge >= 0.3 is 12.1 Å². The van der Waals surface area contributed by atoms with E-state index < -0.39 is 12.1 Å². The van der Waals surface area contributed by atoms with Crippen LogP contribution in [0.4, 0.5) is 10.6 Å². The second-order valence-corrected chi connectivity index (χ2v) is 4.04. The number of H-pyrrole nitrogens is 1. The zero-order valence-electron chi connectivity index (χ0n) is 10.5. The molecule has 0 unspecified atom stereocenters. The van der Waals surface area contributed by atoms with E-state index in [1.165, 1.54) is 6.07 Å². The molecule has 0 aliphatic carbocycles. The van der Waals surface area contributed by atoms with Gasteiger partial charge in [-0.15, -0.1) is 0 Å². The molecule has 1 heterocycles. The number of hydrogen-bond acceptors (Lipinski definition) is 4. The Hall–Kier alpha value is -2.83. The fraction of sp³-hybridized carbons (Fsp3) is 0.154. The molecule has 0 bridgehead atoms. The smallest absolute Gasteiger partial charge is 0.413 e. The van der Waals surface area contributed by atoms with E-state index in [9.17, 15) is 9.59 Å². The van der Waals surface area contributed by atoms with Crippen molar-refractivity contribution >= 4 is 17.9 Å². The number of carboxylic acids is 1. The number of ether oxygens (including phenoxy) is 1. The summed E-state index contributed by atoms with van der Waals surface area (Å²) < 4.78 is 5.00. The summed E-state index contributed by atoms with van der Waals surface area (Å²) in [5.41, 5.74) is 1.27. The van der Waals surface area contributed by atoms with Crippen LogP contribution in [-0.2, 0) is 22.6 Å². The Morgan fingerprint density at radius 2 is 2.05 bits per heavy atom. The lowest BCUT2D eigenvalue weighted by molar-refractivity contribution is -0.136. The number of aliphatic carboxylic acids is 1. The molecule has 0 radical (unpaired) electrons. The first kappa shape index (κ1) is 13.6. The summed E-state index contributed by atoms with van der Waals surface area (Å²) in [5, 5.41) is 17.3. The molecular formula is C13H13N3O4. The number of carbonyl (C=O) groups excluding carboxylic acids is 1. The summed E-state index contributed by atoms with van der Waals surface area (Å²) in [4.78, 5) is 22.0. The minimum absolute atomic E-state index is 0.152. The van der Waals surface area contributed by atoms with E-state index in [2.05, 4.69) is 15.5 Å². The number of hydrogen-bond donors (Lipinski definition) is 3. The Bertz CT molecular complexity index is 595. The number of carboxylic acid groups (broad SMARTS) is 1. The lowest BCUT2D eigenvalue weighted by Gasteiger charge is -2.04. The summed E-state index contributed by atoms with van der Waals surface area (Å²) in [6, 6.07) is 10.7. The Labute approximate surface area is 114 Å². The van der Waals surface area contributed by atoms with E-state index in [4.69, 9.17) is 9.84 Å². The average Bonchev–Trinajstić information content (AvgIpc) is 2.84. The summed E-state index contributed by atoms with van der Waals surface area (Å²) >= 11 is 0. The number of nitrogens with zero attached hydrogens (tertiary/aromatic N) is 1. The topological polar surface area (TPSA) is 104 Å². The number of aromatic nitrogens is 2. The molecule has 0 aliphatic rings.